The number of nitrogens with two attached hydrogens (primary N) is 1. The molecule has 8 N–H and O–H groups in total. The van der Waals surface area contributed by atoms with E-state index in [1.54, 1.807) is 33.3 Å². The number of anilines is 2. The number of halogens is 2. The Balaban J connectivity index is 0.000000209. The van der Waals surface area contributed by atoms with Crippen LogP contribution in [0.1, 0.15) is 98.1 Å². The number of likely N-dealkylation sites (N-methyl/N-ethyl adjacent to an activating group) is 1. The van der Waals surface area contributed by atoms with Crippen LogP contribution in [0.5, 0.6) is 0 Å². The van der Waals surface area contributed by atoms with Crippen molar-refractivity contribution in [1.29, 1.82) is 10.5 Å². The third kappa shape index (κ3) is 13.5. The third-order valence-corrected chi connectivity index (χ3v) is 14.6. The summed E-state index contributed by atoms with van der Waals surface area (Å²) in [6, 6.07) is 18.8. The second-order valence-corrected chi connectivity index (χ2v) is 21.5. The predicted octanol–water partition coefficient (Wildman–Crippen LogP) is 5.11. The number of pyridine rings is 2. The zero-order valence-corrected chi connectivity index (χ0v) is 44.0. The Bertz CT molecular complexity index is 3170. The molecule has 0 aromatic carbocycles. The highest BCUT2D eigenvalue weighted by molar-refractivity contribution is 6.00. The number of amides is 3. The minimum Gasteiger partial charge on any atom is -0.387 e. The van der Waals surface area contributed by atoms with E-state index in [2.05, 4.69) is 65.5 Å². The second-order valence-electron chi connectivity index (χ2n) is 21.5. The third-order valence-electron chi connectivity index (χ3n) is 14.6. The van der Waals surface area contributed by atoms with Crippen molar-refractivity contribution in [2.75, 3.05) is 63.5 Å². The highest BCUT2D eigenvalue weighted by atomic mass is 19.1. The zero-order chi connectivity index (χ0) is 55.2. The molecular weight excluding hydrogens is 989 g/mol. The summed E-state index contributed by atoms with van der Waals surface area (Å²) < 4.78 is 31.9. The van der Waals surface area contributed by atoms with Crippen molar-refractivity contribution in [3.63, 3.8) is 0 Å². The van der Waals surface area contributed by atoms with Crippen LogP contribution in [0.2, 0.25) is 0 Å². The average molecular weight is 1060 g/mol. The molecule has 3 aliphatic rings. The summed E-state index contributed by atoms with van der Waals surface area (Å²) >= 11 is 0. The second kappa shape index (κ2) is 23.7. The number of hydrogen-bond donors (Lipinski definition) is 7. The van der Waals surface area contributed by atoms with Gasteiger partial charge in [-0.05, 0) is 134 Å². The fourth-order valence-electron chi connectivity index (χ4n) is 9.47. The summed E-state index contributed by atoms with van der Waals surface area (Å²) in [7, 11) is 2.07. The average Bonchev–Trinajstić information content (AvgIpc) is 4.03. The predicted molar refractivity (Wildman–Crippen MR) is 286 cm³/mol. The number of hydrogen-bond acceptors (Lipinski definition) is 15. The maximum Gasteiger partial charge on any atom is 0.255 e. The van der Waals surface area contributed by atoms with Crippen molar-refractivity contribution >= 4 is 40.1 Å². The number of carbonyl (C=O) groups is 3. The van der Waals surface area contributed by atoms with E-state index in [9.17, 15) is 38.6 Å². The van der Waals surface area contributed by atoms with Gasteiger partial charge < -0.3 is 47.0 Å². The van der Waals surface area contributed by atoms with Crippen LogP contribution >= 0.6 is 0 Å². The summed E-state index contributed by atoms with van der Waals surface area (Å²) in [6.07, 6.45) is 7.52. The molecule has 2 saturated carbocycles. The van der Waals surface area contributed by atoms with Gasteiger partial charge in [-0.25, -0.2) is 17.8 Å². The molecule has 2 atom stereocenters. The van der Waals surface area contributed by atoms with E-state index in [0.717, 1.165) is 69.3 Å². The number of fused-ring (bicyclic) bond motifs is 2. The van der Waals surface area contributed by atoms with E-state index < -0.39 is 35.4 Å². The molecule has 1 aliphatic heterocycles. The summed E-state index contributed by atoms with van der Waals surface area (Å²) in [4.78, 5) is 51.9. The Labute approximate surface area is 445 Å². The van der Waals surface area contributed by atoms with Gasteiger partial charge in [0.1, 0.15) is 24.5 Å². The monoisotopic (exact) mass is 1060 g/mol. The summed E-state index contributed by atoms with van der Waals surface area (Å²) in [5.74, 6) is 0.0937. The largest absolute Gasteiger partial charge is 0.387 e. The molecule has 3 fully saturated rings. The molecule has 7 heterocycles. The van der Waals surface area contributed by atoms with E-state index in [4.69, 9.17) is 11.0 Å². The quantitative estimate of drug-likeness (QED) is 0.0589. The Morgan fingerprint density at radius 2 is 1.14 bits per heavy atom. The zero-order valence-electron chi connectivity index (χ0n) is 44.0. The first-order valence-corrected chi connectivity index (χ1v) is 26.0. The van der Waals surface area contributed by atoms with Gasteiger partial charge in [0.15, 0.2) is 0 Å². The molecule has 0 radical (unpaired) electrons. The first-order valence-electron chi connectivity index (χ1n) is 26.0. The van der Waals surface area contributed by atoms with Crippen LogP contribution in [0.25, 0.3) is 33.8 Å². The minimum absolute atomic E-state index is 0.108. The van der Waals surface area contributed by atoms with Crippen molar-refractivity contribution in [1.82, 2.24) is 49.6 Å². The van der Waals surface area contributed by atoms with Crippen LogP contribution < -0.4 is 27.0 Å². The lowest BCUT2D eigenvalue weighted by molar-refractivity contribution is -0.133. The van der Waals surface area contributed by atoms with Crippen molar-refractivity contribution < 1.29 is 33.4 Å². The van der Waals surface area contributed by atoms with Crippen LogP contribution in [-0.4, -0.2) is 155 Å². The fourth-order valence-corrected chi connectivity index (χ4v) is 9.47. The number of aliphatic hydroxyl groups is 2. The highest BCUT2D eigenvalue weighted by Gasteiger charge is 2.34. The van der Waals surface area contributed by atoms with Gasteiger partial charge in [-0.15, -0.1) is 0 Å². The molecule has 9 rings (SSSR count). The van der Waals surface area contributed by atoms with E-state index in [-0.39, 0.29) is 42.2 Å². The van der Waals surface area contributed by atoms with E-state index >= 15 is 0 Å². The molecule has 0 unspecified atom stereocenters. The van der Waals surface area contributed by atoms with Crippen molar-refractivity contribution in [2.24, 2.45) is 17.6 Å². The Hall–Kier alpha value is -7.63. The smallest absolute Gasteiger partial charge is 0.255 e. The lowest BCUT2D eigenvalue weighted by Crippen LogP contribution is -2.47. The topological polar surface area (TPSA) is 280 Å². The van der Waals surface area contributed by atoms with Crippen molar-refractivity contribution in [3.05, 3.63) is 95.6 Å². The SMILES string of the molecule is CC(C)(O)[C@H](F)CNC(=O)c1cnc(-c2ccc3cc(C#N)cnn23)cc1NC1CC(CN)C1.CN1CCN(C(=O)CCC2CC(Nc3cc(-c4ccc5cc(C#N)cnn45)ncc3C(=O)NC[C@@H](F)C(C)(C)O)C2)CC1. The molecule has 6 aromatic rings. The lowest BCUT2D eigenvalue weighted by atomic mass is 9.77. The normalized spacial score (nSPS) is 19.4. The molecule has 3 amide bonds. The maximum absolute atomic E-state index is 14.4. The molecule has 1 saturated heterocycles. The molecule has 20 nitrogen and oxygen atoms in total. The van der Waals surface area contributed by atoms with Gasteiger partial charge in [0.2, 0.25) is 5.91 Å². The molecule has 6 aromatic heterocycles. The fraction of sp³-hybridized carbons (Fsp3) is 0.473. The maximum atomic E-state index is 14.4. The molecule has 77 heavy (non-hydrogen) atoms. The van der Waals surface area contributed by atoms with Crippen LogP contribution in [0.3, 0.4) is 0 Å². The highest BCUT2D eigenvalue weighted by Crippen LogP contribution is 2.36. The van der Waals surface area contributed by atoms with Gasteiger partial charge in [-0.2, -0.15) is 20.7 Å². The first kappa shape index (κ1) is 55.6. The number of aromatic nitrogens is 6. The number of alkyl halides is 2. The Morgan fingerprint density at radius 3 is 1.56 bits per heavy atom. The number of nitrogens with zero attached hydrogens (tertiary/aromatic N) is 10. The Morgan fingerprint density at radius 1 is 0.701 bits per heavy atom. The molecule has 22 heteroatoms. The van der Waals surface area contributed by atoms with Gasteiger partial charge in [-0.1, -0.05) is 0 Å². The number of nitrogens with one attached hydrogen (secondary N) is 4. The van der Waals surface area contributed by atoms with Gasteiger partial charge in [-0.3, -0.25) is 24.4 Å². The van der Waals surface area contributed by atoms with Crippen molar-refractivity contribution in [2.45, 2.75) is 102 Å². The summed E-state index contributed by atoms with van der Waals surface area (Å²) in [5.41, 5.74) is 9.21. The van der Waals surface area contributed by atoms with Gasteiger partial charge in [0.25, 0.3) is 11.8 Å². The van der Waals surface area contributed by atoms with Gasteiger partial charge in [0.05, 0.1) is 104 Å². The van der Waals surface area contributed by atoms with E-state index in [0.29, 0.717) is 70.1 Å². The molecule has 0 spiro atoms. The first-order chi connectivity index (χ1) is 36.7. The standard InChI is InChI=1S/C31H39FN8O3.C24H28FN7O2/c1-31(2,43)28(32)19-35-30(42)24-18-34-26(27-6-5-23-14-21(16-33)17-36-40(23)27)15-25(24)37-22-12-20(13-22)4-7-29(41)39-10-8-38(3)9-11-39;1-24(2,34)22(25)13-29-23(33)18-12-28-20(8-19(18)31-16-5-14(6-16)9-26)21-4-3-17-7-15(10-27)11-30-32(17)21/h5-6,14-15,17-18,20,22,28,43H,4,7-13,19H2,1-3H3,(H,34,37)(H,35,42);3-4,7-8,11-12,14,16,22,34H,5-6,9,13,26H2,1-2H3,(H,28,31)(H,29,33)/t20?,22?,28-;14?,16?,22-/m11/s1. The lowest BCUT2D eigenvalue weighted by Gasteiger charge is -2.38. The number of nitriles is 2. The van der Waals surface area contributed by atoms with Crippen LogP contribution in [0.15, 0.2) is 73.3 Å². The van der Waals surface area contributed by atoms with Crippen LogP contribution in [-0.2, 0) is 4.79 Å². The van der Waals surface area contributed by atoms with E-state index in [1.165, 1.54) is 52.5 Å². The number of rotatable bonds is 18. The number of piperazine rings is 1. The summed E-state index contributed by atoms with van der Waals surface area (Å²) in [6.45, 7) is 8.75. The molecule has 0 bridgehead atoms. The van der Waals surface area contributed by atoms with E-state index in [1.807, 2.05) is 29.2 Å². The minimum atomic E-state index is -1.64. The number of carbonyl (C=O) groups excluding carboxylic acids is 3. The summed E-state index contributed by atoms with van der Waals surface area (Å²) in [5, 5.41) is 58.8. The van der Waals surface area contributed by atoms with Gasteiger partial charge in [0, 0.05) is 57.1 Å². The van der Waals surface area contributed by atoms with Crippen molar-refractivity contribution in [3.8, 4) is 34.9 Å². The van der Waals surface area contributed by atoms with Gasteiger partial charge >= 0.3 is 0 Å². The molecular formula is C55H67F2N15O5. The van der Waals surface area contributed by atoms with Crippen LogP contribution in [0.4, 0.5) is 20.2 Å². The molecule has 406 valence electrons. The van der Waals surface area contributed by atoms with Crippen LogP contribution in [0, 0.1) is 34.5 Å². The molecule has 2 aliphatic carbocycles. The Kier molecular flexibility index (Phi) is 17.1.